The van der Waals surface area contributed by atoms with E-state index in [4.69, 9.17) is 16.3 Å². The molecule has 1 aromatic heterocycles. The van der Waals surface area contributed by atoms with E-state index in [2.05, 4.69) is 20.0 Å². The number of aliphatic carboxylic acids is 1. The van der Waals surface area contributed by atoms with Crippen molar-refractivity contribution in [3.8, 4) is 11.1 Å². The van der Waals surface area contributed by atoms with Crippen molar-refractivity contribution in [3.05, 3.63) is 75.2 Å². The summed E-state index contributed by atoms with van der Waals surface area (Å²) in [5, 5.41) is 16.2. The topological polar surface area (TPSA) is 135 Å². The number of carboxylic acid groups (broad SMARTS) is 1. The van der Waals surface area contributed by atoms with Gasteiger partial charge in [0.15, 0.2) is 0 Å². The lowest BCUT2D eigenvalue weighted by Crippen LogP contribution is -2.44. The molecule has 9 nitrogen and oxygen atoms in total. The van der Waals surface area contributed by atoms with Crippen LogP contribution in [0.4, 0.5) is 4.39 Å². The SMILES string of the molecule is COC[C@](C)(C[C@@H](Cc1ccc(-c2cc(Cl)ccc2F)cc1)NC(=O)c1noc(=O)[nH]1)C(=O)O. The highest BCUT2D eigenvalue weighted by Crippen LogP contribution is 2.28. The Morgan fingerprint density at radius 3 is 2.59 bits per heavy atom. The molecule has 0 aliphatic carbocycles. The number of ether oxygens (including phenoxy) is 1. The van der Waals surface area contributed by atoms with Crippen LogP contribution in [0.5, 0.6) is 0 Å². The third-order valence-corrected chi connectivity index (χ3v) is 5.58. The van der Waals surface area contributed by atoms with Gasteiger partial charge in [0.2, 0.25) is 5.82 Å². The summed E-state index contributed by atoms with van der Waals surface area (Å²) in [5.41, 5.74) is 0.417. The Hall–Kier alpha value is -3.50. The Kier molecular flexibility index (Phi) is 7.85. The molecule has 1 heterocycles. The van der Waals surface area contributed by atoms with Gasteiger partial charge in [-0.2, -0.15) is 0 Å². The molecule has 3 rings (SSSR count). The predicted molar refractivity (Wildman–Crippen MR) is 121 cm³/mol. The highest BCUT2D eigenvalue weighted by molar-refractivity contribution is 6.30. The van der Waals surface area contributed by atoms with E-state index >= 15 is 0 Å². The van der Waals surface area contributed by atoms with Crippen LogP contribution in [-0.2, 0) is 16.0 Å². The molecule has 0 unspecified atom stereocenters. The van der Waals surface area contributed by atoms with Crippen LogP contribution in [0.25, 0.3) is 11.1 Å². The fraction of sp³-hybridized carbons (Fsp3) is 0.304. The van der Waals surface area contributed by atoms with Gasteiger partial charge in [-0.05, 0) is 54.2 Å². The molecule has 3 N–H and O–H groups in total. The van der Waals surface area contributed by atoms with E-state index in [9.17, 15) is 23.9 Å². The number of aromatic nitrogens is 2. The normalized spacial score (nSPS) is 13.8. The molecule has 0 bridgehead atoms. The Morgan fingerprint density at radius 2 is 2.00 bits per heavy atom. The average Bonchev–Trinajstić information content (AvgIpc) is 3.22. The number of aromatic amines is 1. The number of carbonyl (C=O) groups is 2. The first-order valence-corrected chi connectivity index (χ1v) is 10.6. The van der Waals surface area contributed by atoms with Crippen molar-refractivity contribution < 1.29 is 28.3 Å². The maximum absolute atomic E-state index is 14.2. The van der Waals surface area contributed by atoms with Gasteiger partial charge >= 0.3 is 11.7 Å². The van der Waals surface area contributed by atoms with Crippen molar-refractivity contribution in [2.45, 2.75) is 25.8 Å². The third kappa shape index (κ3) is 6.09. The van der Waals surface area contributed by atoms with Crippen molar-refractivity contribution in [1.29, 1.82) is 0 Å². The van der Waals surface area contributed by atoms with Crippen molar-refractivity contribution >= 4 is 23.5 Å². The van der Waals surface area contributed by atoms with E-state index in [1.165, 1.54) is 32.2 Å². The number of halogens is 2. The predicted octanol–water partition coefficient (Wildman–Crippen LogP) is 3.29. The first-order valence-electron chi connectivity index (χ1n) is 10.2. The van der Waals surface area contributed by atoms with Gasteiger partial charge in [0.1, 0.15) is 5.82 Å². The lowest BCUT2D eigenvalue weighted by molar-refractivity contribution is -0.152. The van der Waals surface area contributed by atoms with E-state index in [1.807, 2.05) is 0 Å². The molecule has 0 saturated carbocycles. The van der Waals surface area contributed by atoms with Crippen molar-refractivity contribution in [1.82, 2.24) is 15.5 Å². The molecule has 1 amide bonds. The first-order chi connectivity index (χ1) is 16.1. The molecule has 2 aromatic carbocycles. The molecule has 0 fully saturated rings. The van der Waals surface area contributed by atoms with Crippen LogP contribution in [0, 0.1) is 11.2 Å². The van der Waals surface area contributed by atoms with Gasteiger partial charge in [0.25, 0.3) is 5.91 Å². The molecule has 0 spiro atoms. The summed E-state index contributed by atoms with van der Waals surface area (Å²) in [4.78, 5) is 37.8. The summed E-state index contributed by atoms with van der Waals surface area (Å²) in [6.07, 6.45) is 0.271. The van der Waals surface area contributed by atoms with Gasteiger partial charge in [-0.3, -0.25) is 19.1 Å². The first kappa shape index (κ1) is 25.1. The minimum absolute atomic E-state index is 0.0225. The minimum atomic E-state index is -1.30. The van der Waals surface area contributed by atoms with Crippen molar-refractivity contribution in [2.75, 3.05) is 13.7 Å². The third-order valence-electron chi connectivity index (χ3n) is 5.34. The molecular formula is C23H23ClFN3O6. The number of hydrogen-bond donors (Lipinski definition) is 3. The molecule has 0 saturated heterocycles. The number of nitrogens with one attached hydrogen (secondary N) is 2. The molecule has 0 radical (unpaired) electrons. The van der Waals surface area contributed by atoms with Crippen LogP contribution in [-0.4, -0.2) is 46.9 Å². The number of H-pyrrole nitrogens is 1. The standard InChI is InChI=1S/C23H23ClFN3O6/c1-23(12-33-2,21(30)31)11-16(26-20(29)19-27-22(32)34-28-19)9-13-3-5-14(6-4-13)17-10-15(24)7-8-18(17)25/h3-8,10,16H,9,11-12H2,1-2H3,(H,26,29)(H,30,31)(H,27,28,32)/t16-,23+/m1/s1. The van der Waals surface area contributed by atoms with Gasteiger partial charge < -0.3 is 15.2 Å². The molecular weight excluding hydrogens is 469 g/mol. The Bertz CT molecular complexity index is 1230. The molecule has 2 atom stereocenters. The maximum atomic E-state index is 14.2. The number of nitrogens with zero attached hydrogens (tertiary/aromatic N) is 1. The van der Waals surface area contributed by atoms with Crippen LogP contribution in [0.3, 0.4) is 0 Å². The van der Waals surface area contributed by atoms with Crippen LogP contribution in [0.1, 0.15) is 29.5 Å². The smallest absolute Gasteiger partial charge is 0.439 e. The maximum Gasteiger partial charge on any atom is 0.439 e. The second kappa shape index (κ2) is 10.6. The monoisotopic (exact) mass is 491 g/mol. The van der Waals surface area contributed by atoms with E-state index in [0.29, 0.717) is 16.1 Å². The number of carbonyl (C=O) groups excluding carboxylic acids is 1. The van der Waals surface area contributed by atoms with Gasteiger partial charge in [-0.1, -0.05) is 35.9 Å². The summed E-state index contributed by atoms with van der Waals surface area (Å²) < 4.78 is 23.6. The largest absolute Gasteiger partial charge is 0.481 e. The van der Waals surface area contributed by atoms with E-state index in [1.54, 1.807) is 24.3 Å². The number of carboxylic acids is 1. The second-order valence-electron chi connectivity index (χ2n) is 8.14. The van der Waals surface area contributed by atoms with Gasteiger partial charge in [0, 0.05) is 23.7 Å². The van der Waals surface area contributed by atoms with Gasteiger partial charge in [0.05, 0.1) is 12.0 Å². The Morgan fingerprint density at radius 1 is 1.29 bits per heavy atom. The number of methoxy groups -OCH3 is 1. The fourth-order valence-corrected chi connectivity index (χ4v) is 3.82. The molecule has 3 aromatic rings. The lowest BCUT2D eigenvalue weighted by atomic mass is 9.82. The molecule has 34 heavy (non-hydrogen) atoms. The van der Waals surface area contributed by atoms with Gasteiger partial charge in [-0.15, -0.1) is 0 Å². The average molecular weight is 492 g/mol. The zero-order valence-electron chi connectivity index (χ0n) is 18.4. The zero-order chi connectivity index (χ0) is 24.9. The minimum Gasteiger partial charge on any atom is -0.481 e. The number of benzene rings is 2. The highest BCUT2D eigenvalue weighted by Gasteiger charge is 2.37. The quantitative estimate of drug-likeness (QED) is 0.396. The van der Waals surface area contributed by atoms with Crippen molar-refractivity contribution in [2.24, 2.45) is 5.41 Å². The lowest BCUT2D eigenvalue weighted by Gasteiger charge is -2.29. The van der Waals surface area contributed by atoms with Crippen molar-refractivity contribution in [3.63, 3.8) is 0 Å². The summed E-state index contributed by atoms with van der Waals surface area (Å²) >= 11 is 5.98. The van der Waals surface area contributed by atoms with E-state index < -0.39 is 34.9 Å². The summed E-state index contributed by atoms with van der Waals surface area (Å²) in [6.45, 7) is 1.43. The van der Waals surface area contributed by atoms with Crippen LogP contribution in [0.15, 0.2) is 51.8 Å². The summed E-state index contributed by atoms with van der Waals surface area (Å²) in [5.74, 6) is -3.44. The molecule has 180 valence electrons. The molecule has 0 aliphatic heterocycles. The second-order valence-corrected chi connectivity index (χ2v) is 8.58. The molecule has 11 heteroatoms. The van der Waals surface area contributed by atoms with Crippen LogP contribution >= 0.6 is 11.6 Å². The van der Waals surface area contributed by atoms with E-state index in [0.717, 1.165) is 5.56 Å². The number of amides is 1. The fourth-order valence-electron chi connectivity index (χ4n) is 3.65. The summed E-state index contributed by atoms with van der Waals surface area (Å²) in [6, 6.07) is 10.5. The highest BCUT2D eigenvalue weighted by atomic mass is 35.5. The number of rotatable bonds is 10. The number of hydrogen-bond acceptors (Lipinski definition) is 6. The zero-order valence-corrected chi connectivity index (χ0v) is 19.2. The Labute approximate surface area is 198 Å². The molecule has 0 aliphatic rings. The van der Waals surface area contributed by atoms with Crippen LogP contribution < -0.4 is 11.1 Å². The van der Waals surface area contributed by atoms with E-state index in [-0.39, 0.29) is 25.3 Å². The van der Waals surface area contributed by atoms with Crippen LogP contribution in [0.2, 0.25) is 5.02 Å². The van der Waals surface area contributed by atoms with Gasteiger partial charge in [-0.25, -0.2) is 9.18 Å². The summed E-state index contributed by atoms with van der Waals surface area (Å²) in [7, 11) is 1.39. The Balaban J connectivity index is 1.85.